The van der Waals surface area contributed by atoms with Crippen LogP contribution in [-0.2, 0) is 11.3 Å². The molecule has 0 unspecified atom stereocenters. The molecule has 0 saturated heterocycles. The van der Waals surface area contributed by atoms with Gasteiger partial charge in [-0.15, -0.1) is 21.5 Å². The first kappa shape index (κ1) is 30.2. The lowest BCUT2D eigenvalue weighted by atomic mass is 10.0. The Kier molecular flexibility index (Phi) is 8.98. The molecule has 45 heavy (non-hydrogen) atoms. The van der Waals surface area contributed by atoms with Crippen molar-refractivity contribution < 1.29 is 23.1 Å². The normalized spacial score (nSPS) is 14.3. The van der Waals surface area contributed by atoms with Crippen LogP contribution in [0.2, 0.25) is 0 Å². The maximum absolute atomic E-state index is 13.8. The van der Waals surface area contributed by atoms with Crippen molar-refractivity contribution in [1.29, 1.82) is 0 Å². The van der Waals surface area contributed by atoms with E-state index in [9.17, 15) is 18.4 Å². The minimum atomic E-state index is -0.414. The minimum Gasteiger partial charge on any atom is -0.496 e. The van der Waals surface area contributed by atoms with Gasteiger partial charge in [0.15, 0.2) is 11.0 Å². The Morgan fingerprint density at radius 3 is 2.42 bits per heavy atom. The summed E-state index contributed by atoms with van der Waals surface area (Å²) in [7, 11) is 1.49. The predicted molar refractivity (Wildman–Crippen MR) is 168 cm³/mol. The number of thiophene rings is 1. The molecule has 2 aromatic heterocycles. The number of hydrazone groups is 1. The van der Waals surface area contributed by atoms with E-state index < -0.39 is 11.9 Å². The molecule has 228 valence electrons. The summed E-state index contributed by atoms with van der Waals surface area (Å²) in [5, 5.41) is 19.9. The molecule has 0 saturated carbocycles. The second-order valence-electron chi connectivity index (χ2n) is 9.92. The lowest BCUT2D eigenvalue weighted by Crippen LogP contribution is -2.28. The highest BCUT2D eigenvalue weighted by atomic mass is 32.2. The fraction of sp³-hybridized carbons (Fsp3) is 0.156. The van der Waals surface area contributed by atoms with E-state index in [2.05, 4.69) is 20.6 Å². The largest absolute Gasteiger partial charge is 0.496 e. The van der Waals surface area contributed by atoms with Crippen molar-refractivity contribution in [2.45, 2.75) is 24.2 Å². The zero-order chi connectivity index (χ0) is 31.3. The van der Waals surface area contributed by atoms with Gasteiger partial charge in [-0.25, -0.2) is 13.8 Å². The summed E-state index contributed by atoms with van der Waals surface area (Å²) in [6.45, 7) is 0.00297. The minimum absolute atomic E-state index is 0.00297. The Morgan fingerprint density at radius 2 is 1.71 bits per heavy atom. The maximum Gasteiger partial charge on any atom is 0.255 e. The molecule has 1 aliphatic heterocycles. The van der Waals surface area contributed by atoms with Crippen LogP contribution in [0, 0.1) is 11.6 Å². The summed E-state index contributed by atoms with van der Waals surface area (Å²) in [6.07, 6.45) is 0.490. The van der Waals surface area contributed by atoms with Gasteiger partial charge < -0.3 is 10.1 Å². The average molecular weight is 645 g/mol. The number of halogens is 2. The Morgan fingerprint density at radius 1 is 0.978 bits per heavy atom. The molecule has 0 spiro atoms. The van der Waals surface area contributed by atoms with Crippen LogP contribution in [0.5, 0.6) is 5.75 Å². The van der Waals surface area contributed by atoms with E-state index in [-0.39, 0.29) is 29.9 Å². The van der Waals surface area contributed by atoms with E-state index in [0.29, 0.717) is 34.4 Å². The van der Waals surface area contributed by atoms with Crippen molar-refractivity contribution in [3.05, 3.63) is 124 Å². The highest BCUT2D eigenvalue weighted by molar-refractivity contribution is 7.99. The van der Waals surface area contributed by atoms with Gasteiger partial charge in [0.05, 0.1) is 41.6 Å². The number of amides is 2. The number of ether oxygens (including phenoxy) is 1. The third kappa shape index (κ3) is 6.64. The summed E-state index contributed by atoms with van der Waals surface area (Å²) >= 11 is 2.68. The summed E-state index contributed by atoms with van der Waals surface area (Å²) < 4.78 is 34.5. The van der Waals surface area contributed by atoms with Crippen molar-refractivity contribution in [1.82, 2.24) is 25.1 Å². The fourth-order valence-corrected chi connectivity index (χ4v) is 6.46. The van der Waals surface area contributed by atoms with Crippen LogP contribution in [0.4, 0.5) is 8.78 Å². The summed E-state index contributed by atoms with van der Waals surface area (Å²) in [5.74, 6) is -0.654. The van der Waals surface area contributed by atoms with E-state index in [1.807, 2.05) is 17.5 Å². The molecule has 2 amide bonds. The second-order valence-corrected chi connectivity index (χ2v) is 11.8. The highest BCUT2D eigenvalue weighted by Gasteiger charge is 2.33. The van der Waals surface area contributed by atoms with Crippen LogP contribution < -0.4 is 10.1 Å². The smallest absolute Gasteiger partial charge is 0.255 e. The third-order valence-electron chi connectivity index (χ3n) is 7.09. The first-order chi connectivity index (χ1) is 21.9. The summed E-state index contributed by atoms with van der Waals surface area (Å²) in [6, 6.07) is 22.1. The number of methoxy groups -OCH3 is 1. The quantitative estimate of drug-likeness (QED) is 0.187. The highest BCUT2D eigenvalue weighted by Crippen LogP contribution is 2.35. The van der Waals surface area contributed by atoms with Gasteiger partial charge in [0.1, 0.15) is 17.4 Å². The number of benzene rings is 3. The lowest BCUT2D eigenvalue weighted by molar-refractivity contribution is -0.130. The second kappa shape index (κ2) is 13.4. The van der Waals surface area contributed by atoms with Gasteiger partial charge >= 0.3 is 0 Å². The number of rotatable bonds is 10. The van der Waals surface area contributed by atoms with E-state index in [1.165, 1.54) is 47.7 Å². The molecule has 0 fully saturated rings. The number of thioether (sulfide) groups is 1. The molecule has 0 radical (unpaired) electrons. The molecule has 1 aliphatic rings. The number of hydrogen-bond donors (Lipinski definition) is 1. The van der Waals surface area contributed by atoms with E-state index in [4.69, 9.17) is 4.74 Å². The molecule has 3 aromatic carbocycles. The molecule has 5 aromatic rings. The molecular weight excluding hydrogens is 619 g/mol. The monoisotopic (exact) mass is 644 g/mol. The molecule has 0 bridgehead atoms. The molecule has 1 N–H and O–H groups in total. The first-order valence-electron chi connectivity index (χ1n) is 13.8. The zero-order valence-corrected chi connectivity index (χ0v) is 25.5. The van der Waals surface area contributed by atoms with E-state index >= 15 is 0 Å². The van der Waals surface area contributed by atoms with Gasteiger partial charge in [0.2, 0.25) is 0 Å². The van der Waals surface area contributed by atoms with Gasteiger partial charge in [0, 0.05) is 12.1 Å². The molecule has 6 rings (SSSR count). The van der Waals surface area contributed by atoms with Crippen molar-refractivity contribution in [2.75, 3.05) is 12.9 Å². The number of para-hydroxylation sites is 1. The molecule has 3 heterocycles. The van der Waals surface area contributed by atoms with Crippen LogP contribution in [0.1, 0.15) is 39.1 Å². The van der Waals surface area contributed by atoms with Gasteiger partial charge in [-0.05, 0) is 65.5 Å². The number of carbonyl (C=O) groups is 2. The van der Waals surface area contributed by atoms with Crippen molar-refractivity contribution in [3.8, 4) is 11.4 Å². The van der Waals surface area contributed by atoms with E-state index in [0.717, 1.165) is 27.9 Å². The number of nitrogens with zero attached hydrogens (tertiary/aromatic N) is 5. The molecule has 13 heteroatoms. The molecule has 1 atom stereocenters. The van der Waals surface area contributed by atoms with Crippen molar-refractivity contribution >= 4 is 40.6 Å². The summed E-state index contributed by atoms with van der Waals surface area (Å²) in [5.41, 5.74) is 2.46. The molecular formula is C32H26F2N6O3S2. The Balaban J connectivity index is 1.24. The number of nitrogens with one attached hydrogen (secondary N) is 1. The van der Waals surface area contributed by atoms with Gasteiger partial charge in [-0.1, -0.05) is 42.1 Å². The Bertz CT molecular complexity index is 1840. The van der Waals surface area contributed by atoms with Crippen molar-refractivity contribution in [3.63, 3.8) is 0 Å². The van der Waals surface area contributed by atoms with Gasteiger partial charge in [-0.2, -0.15) is 5.10 Å². The zero-order valence-electron chi connectivity index (χ0n) is 23.9. The lowest BCUT2D eigenvalue weighted by Gasteiger charge is -2.22. The SMILES string of the molecule is COc1ccccc1C(=O)NCc1nnc(SCC(=O)N2N=C(c3cccs3)C[C@@H]2c2ccc(F)cc2)n1-c1ccc(F)cc1. The number of aromatic nitrogens is 3. The molecule has 0 aliphatic carbocycles. The predicted octanol–water partition coefficient (Wildman–Crippen LogP) is 6.02. The maximum atomic E-state index is 13.8. The van der Waals surface area contributed by atoms with Gasteiger partial charge in [0.25, 0.3) is 11.8 Å². The standard InChI is InChI=1S/C32H26F2N6O3S2/c1-43-27-6-3-2-5-24(27)31(42)35-18-29-36-37-32(39(29)23-14-12-22(34)13-15-23)45-19-30(41)40-26(20-8-10-21(33)11-9-20)17-25(38-40)28-7-4-16-44-28/h2-16,26H,17-19H2,1H3,(H,35,42)/t26-/m1/s1. The van der Waals surface area contributed by atoms with Gasteiger partial charge in [-0.3, -0.25) is 14.2 Å². The molecule has 9 nitrogen and oxygen atoms in total. The van der Waals surface area contributed by atoms with Crippen LogP contribution >= 0.6 is 23.1 Å². The fourth-order valence-electron chi connectivity index (χ4n) is 4.91. The topological polar surface area (TPSA) is 102 Å². The van der Waals surface area contributed by atoms with Crippen molar-refractivity contribution in [2.24, 2.45) is 5.10 Å². The van der Waals surface area contributed by atoms with E-state index in [1.54, 1.807) is 53.1 Å². The number of carbonyl (C=O) groups excluding carboxylic acids is 2. The average Bonchev–Trinajstić information content (AvgIpc) is 3.84. The van der Waals surface area contributed by atoms with Crippen LogP contribution in [0.15, 0.2) is 101 Å². The number of hydrogen-bond acceptors (Lipinski definition) is 8. The Hall–Kier alpha value is -4.88. The third-order valence-corrected chi connectivity index (χ3v) is 8.93. The van der Waals surface area contributed by atoms with Crippen LogP contribution in [-0.4, -0.2) is 50.2 Å². The first-order valence-corrected chi connectivity index (χ1v) is 15.7. The Labute approximate surface area is 265 Å². The summed E-state index contributed by atoms with van der Waals surface area (Å²) in [4.78, 5) is 27.6. The van der Waals surface area contributed by atoms with Crippen LogP contribution in [0.3, 0.4) is 0 Å². The van der Waals surface area contributed by atoms with Crippen LogP contribution in [0.25, 0.3) is 5.69 Å².